The van der Waals surface area contributed by atoms with Crippen LogP contribution in [0.1, 0.15) is 24.8 Å². The first-order valence-corrected chi connectivity index (χ1v) is 11.5. The molecule has 38 heavy (non-hydrogen) atoms. The van der Waals surface area contributed by atoms with Crippen molar-refractivity contribution in [2.45, 2.75) is 49.9 Å². The van der Waals surface area contributed by atoms with E-state index < -0.39 is 72.7 Å². The highest BCUT2D eigenvalue weighted by atomic mass is 16.4. The van der Waals surface area contributed by atoms with Crippen LogP contribution < -0.4 is 33.2 Å². The number of hydrogen-bond acceptors (Lipinski definition) is 8. The van der Waals surface area contributed by atoms with E-state index in [1.54, 1.807) is 30.5 Å². The molecule has 0 aliphatic heterocycles. The average molecular weight is 534 g/mol. The van der Waals surface area contributed by atoms with E-state index >= 15 is 0 Å². The number of nitrogens with two attached hydrogens (primary N) is 3. The van der Waals surface area contributed by atoms with Gasteiger partial charge in [0, 0.05) is 29.9 Å². The van der Waals surface area contributed by atoms with Gasteiger partial charge in [-0.25, -0.2) is 4.79 Å². The molecule has 0 aliphatic carbocycles. The summed E-state index contributed by atoms with van der Waals surface area (Å²) in [6.45, 7) is -0.899. The third-order valence-corrected chi connectivity index (χ3v) is 5.60. The van der Waals surface area contributed by atoms with E-state index in [1.165, 1.54) is 0 Å². The standard InChI is InChI=1S/C23H31N7O8/c24-13(8-19(26)33)20(34)30-17(10-31)22(36)28-15(5-6-18(25)32)21(35)29-16(23(37)38)7-11-9-27-14-4-2-1-3-12(11)14/h1-4,9,13,15-17,27,31H,5-8,10,24H2,(H2,25,32)(H2,26,33)(H,28,36)(H,29,35)(H,30,34)(H,37,38). The lowest BCUT2D eigenvalue weighted by molar-refractivity contribution is -0.142. The Balaban J connectivity index is 2.14. The molecule has 5 amide bonds. The Bertz CT molecular complexity index is 1200. The van der Waals surface area contributed by atoms with Crippen molar-refractivity contribution in [1.29, 1.82) is 0 Å². The number of rotatable bonds is 15. The summed E-state index contributed by atoms with van der Waals surface area (Å²) < 4.78 is 0. The molecule has 0 radical (unpaired) electrons. The number of aromatic amines is 1. The number of carboxylic acid groups (broad SMARTS) is 1. The third-order valence-electron chi connectivity index (χ3n) is 5.60. The van der Waals surface area contributed by atoms with E-state index in [0.717, 1.165) is 10.9 Å². The summed E-state index contributed by atoms with van der Waals surface area (Å²) in [5.41, 5.74) is 17.1. The van der Waals surface area contributed by atoms with Crippen molar-refractivity contribution >= 4 is 46.4 Å². The van der Waals surface area contributed by atoms with Crippen LogP contribution in [0.5, 0.6) is 0 Å². The molecule has 15 heteroatoms. The Morgan fingerprint density at radius 2 is 1.47 bits per heavy atom. The summed E-state index contributed by atoms with van der Waals surface area (Å²) in [5.74, 6) is -5.90. The number of para-hydroxylation sites is 1. The van der Waals surface area contributed by atoms with E-state index in [2.05, 4.69) is 20.9 Å². The predicted octanol–water partition coefficient (Wildman–Crippen LogP) is -3.29. The number of carbonyl (C=O) groups is 6. The number of aromatic nitrogens is 1. The van der Waals surface area contributed by atoms with Gasteiger partial charge in [-0.05, 0) is 18.1 Å². The third kappa shape index (κ3) is 8.56. The van der Waals surface area contributed by atoms with Crippen LogP contribution in [0.3, 0.4) is 0 Å². The fourth-order valence-electron chi connectivity index (χ4n) is 3.60. The highest BCUT2D eigenvalue weighted by molar-refractivity contribution is 5.95. The molecular formula is C23H31N7O8. The molecule has 0 saturated carbocycles. The molecule has 0 spiro atoms. The minimum Gasteiger partial charge on any atom is -0.480 e. The zero-order valence-electron chi connectivity index (χ0n) is 20.3. The van der Waals surface area contributed by atoms with Crippen LogP contribution in [0.15, 0.2) is 30.5 Å². The van der Waals surface area contributed by atoms with Crippen molar-refractivity contribution in [2.75, 3.05) is 6.61 Å². The number of aliphatic hydroxyl groups is 1. The molecule has 0 aliphatic rings. The molecule has 2 rings (SSSR count). The maximum Gasteiger partial charge on any atom is 0.326 e. The van der Waals surface area contributed by atoms with Gasteiger partial charge in [0.15, 0.2) is 0 Å². The first-order chi connectivity index (χ1) is 17.9. The van der Waals surface area contributed by atoms with Crippen molar-refractivity contribution in [1.82, 2.24) is 20.9 Å². The topological polar surface area (TPSA) is 273 Å². The number of aliphatic carboxylic acids is 1. The van der Waals surface area contributed by atoms with Crippen molar-refractivity contribution < 1.29 is 39.0 Å². The number of carbonyl (C=O) groups excluding carboxylic acids is 5. The Morgan fingerprint density at radius 1 is 0.868 bits per heavy atom. The molecule has 4 unspecified atom stereocenters. The Kier molecular flexibility index (Phi) is 10.7. The smallest absolute Gasteiger partial charge is 0.326 e. The maximum atomic E-state index is 13.0. The number of H-pyrrole nitrogens is 1. The van der Waals surface area contributed by atoms with Gasteiger partial charge in [0.2, 0.25) is 29.5 Å². The normalized spacial score (nSPS) is 14.1. The predicted molar refractivity (Wildman–Crippen MR) is 133 cm³/mol. The van der Waals surface area contributed by atoms with E-state index in [1.807, 2.05) is 0 Å². The highest BCUT2D eigenvalue weighted by Gasteiger charge is 2.31. The lowest BCUT2D eigenvalue weighted by Crippen LogP contribution is -2.58. The monoisotopic (exact) mass is 533 g/mol. The number of amides is 5. The number of aliphatic hydroxyl groups excluding tert-OH is 1. The molecule has 2 aromatic rings. The van der Waals surface area contributed by atoms with Gasteiger partial charge in [0.25, 0.3) is 0 Å². The quantitative estimate of drug-likeness (QED) is 0.111. The van der Waals surface area contributed by atoms with Gasteiger partial charge in [-0.1, -0.05) is 18.2 Å². The number of hydrogen-bond donors (Lipinski definition) is 9. The fourth-order valence-corrected chi connectivity index (χ4v) is 3.60. The second-order valence-corrected chi connectivity index (χ2v) is 8.55. The Labute approximate surface area is 216 Å². The zero-order valence-corrected chi connectivity index (χ0v) is 20.3. The lowest BCUT2D eigenvalue weighted by atomic mass is 10.0. The molecule has 1 heterocycles. The molecule has 0 saturated heterocycles. The molecule has 1 aromatic heterocycles. The van der Waals surface area contributed by atoms with E-state index in [-0.39, 0.29) is 19.3 Å². The number of fused-ring (bicyclic) bond motifs is 1. The van der Waals surface area contributed by atoms with E-state index in [0.29, 0.717) is 5.56 Å². The summed E-state index contributed by atoms with van der Waals surface area (Å²) in [4.78, 5) is 75.0. The van der Waals surface area contributed by atoms with Crippen molar-refractivity contribution in [3.05, 3.63) is 36.0 Å². The van der Waals surface area contributed by atoms with Crippen LogP contribution in [0.25, 0.3) is 10.9 Å². The number of carboxylic acids is 1. The average Bonchev–Trinajstić information content (AvgIpc) is 3.26. The molecule has 0 bridgehead atoms. The molecule has 12 N–H and O–H groups in total. The van der Waals surface area contributed by atoms with Gasteiger partial charge in [-0.15, -0.1) is 0 Å². The Morgan fingerprint density at radius 3 is 2.08 bits per heavy atom. The minimum absolute atomic E-state index is 0.0886. The van der Waals surface area contributed by atoms with E-state index in [9.17, 15) is 39.0 Å². The molecule has 4 atom stereocenters. The van der Waals surface area contributed by atoms with Gasteiger partial charge < -0.3 is 48.3 Å². The van der Waals surface area contributed by atoms with Crippen molar-refractivity contribution in [2.24, 2.45) is 17.2 Å². The molecule has 1 aromatic carbocycles. The van der Waals surface area contributed by atoms with Crippen LogP contribution in [-0.4, -0.2) is 81.5 Å². The van der Waals surface area contributed by atoms with Crippen LogP contribution in [-0.2, 0) is 35.2 Å². The lowest BCUT2D eigenvalue weighted by Gasteiger charge is -2.24. The molecular weight excluding hydrogens is 502 g/mol. The van der Waals surface area contributed by atoms with Gasteiger partial charge in [-0.2, -0.15) is 0 Å². The fraction of sp³-hybridized carbons (Fsp3) is 0.391. The zero-order chi connectivity index (χ0) is 28.4. The molecule has 206 valence electrons. The highest BCUT2D eigenvalue weighted by Crippen LogP contribution is 2.19. The SMILES string of the molecule is NC(=O)CCC(NC(=O)C(CO)NC(=O)C(N)CC(N)=O)C(=O)NC(Cc1c[nH]c2ccccc12)C(=O)O. The maximum absolute atomic E-state index is 13.0. The van der Waals surface area contributed by atoms with Crippen LogP contribution in [0.4, 0.5) is 0 Å². The molecule has 0 fully saturated rings. The first kappa shape index (κ1) is 29.7. The summed E-state index contributed by atoms with van der Waals surface area (Å²) in [5, 5.41) is 26.8. The number of primary amides is 2. The largest absolute Gasteiger partial charge is 0.480 e. The Hall–Kier alpha value is -4.50. The number of benzene rings is 1. The molecule has 15 nitrogen and oxygen atoms in total. The summed E-state index contributed by atoms with van der Waals surface area (Å²) >= 11 is 0. The van der Waals surface area contributed by atoms with Gasteiger partial charge in [-0.3, -0.25) is 24.0 Å². The summed E-state index contributed by atoms with van der Waals surface area (Å²) in [6.07, 6.45) is 0.394. The summed E-state index contributed by atoms with van der Waals surface area (Å²) in [6, 6.07) is 1.38. The van der Waals surface area contributed by atoms with Crippen molar-refractivity contribution in [3.8, 4) is 0 Å². The van der Waals surface area contributed by atoms with E-state index in [4.69, 9.17) is 17.2 Å². The van der Waals surface area contributed by atoms with Crippen LogP contribution in [0, 0.1) is 0 Å². The van der Waals surface area contributed by atoms with Gasteiger partial charge in [0.1, 0.15) is 18.1 Å². The van der Waals surface area contributed by atoms with Gasteiger partial charge >= 0.3 is 5.97 Å². The van der Waals surface area contributed by atoms with Crippen LogP contribution >= 0.6 is 0 Å². The minimum atomic E-state index is -1.58. The number of nitrogens with one attached hydrogen (secondary N) is 4. The second kappa shape index (κ2) is 13.7. The van der Waals surface area contributed by atoms with Gasteiger partial charge in [0.05, 0.1) is 19.1 Å². The second-order valence-electron chi connectivity index (χ2n) is 8.55. The summed E-state index contributed by atoms with van der Waals surface area (Å²) in [7, 11) is 0. The first-order valence-electron chi connectivity index (χ1n) is 11.5. The van der Waals surface area contributed by atoms with Crippen molar-refractivity contribution in [3.63, 3.8) is 0 Å². The van der Waals surface area contributed by atoms with Crippen LogP contribution in [0.2, 0.25) is 0 Å².